The first-order chi connectivity index (χ1) is 9.54. The average molecular weight is 282 g/mol. The standard InChI is InChI=1S/C15H26N2O3/c1-3-9-17(12-5-6-12)14(20)16-10-7-15(4-2,8-11-16)13(18)19/h12H,3-11H2,1-2H3,(H,18,19). The number of hydrogen-bond acceptors (Lipinski definition) is 2. The Morgan fingerprint density at radius 1 is 1.25 bits per heavy atom. The van der Waals surface area contributed by atoms with Gasteiger partial charge in [0.05, 0.1) is 5.41 Å². The molecule has 1 aliphatic carbocycles. The highest BCUT2D eigenvalue weighted by atomic mass is 16.4. The Hall–Kier alpha value is -1.26. The summed E-state index contributed by atoms with van der Waals surface area (Å²) in [5.41, 5.74) is -0.619. The van der Waals surface area contributed by atoms with Crippen molar-refractivity contribution in [2.45, 2.75) is 58.4 Å². The predicted octanol–water partition coefficient (Wildman–Crippen LogP) is 2.56. The van der Waals surface area contributed by atoms with Gasteiger partial charge < -0.3 is 14.9 Å². The molecule has 0 atom stereocenters. The molecule has 2 rings (SSSR count). The van der Waals surface area contributed by atoms with Crippen LogP contribution in [0.4, 0.5) is 4.79 Å². The lowest BCUT2D eigenvalue weighted by atomic mass is 9.76. The first-order valence-corrected chi connectivity index (χ1v) is 7.83. The second-order valence-electron chi connectivity index (χ2n) is 6.13. The van der Waals surface area contributed by atoms with E-state index in [4.69, 9.17) is 0 Å². The number of rotatable bonds is 5. The molecule has 1 N–H and O–H groups in total. The van der Waals surface area contributed by atoms with Crippen molar-refractivity contribution in [3.05, 3.63) is 0 Å². The van der Waals surface area contributed by atoms with Crippen molar-refractivity contribution >= 4 is 12.0 Å². The zero-order valence-corrected chi connectivity index (χ0v) is 12.6. The minimum atomic E-state index is -0.709. The number of likely N-dealkylation sites (tertiary alicyclic amines) is 1. The highest BCUT2D eigenvalue weighted by Gasteiger charge is 2.42. The molecule has 20 heavy (non-hydrogen) atoms. The number of aliphatic carboxylic acids is 1. The van der Waals surface area contributed by atoms with E-state index in [1.165, 1.54) is 0 Å². The lowest BCUT2D eigenvalue weighted by Crippen LogP contribution is -2.51. The molecule has 1 saturated heterocycles. The van der Waals surface area contributed by atoms with Gasteiger partial charge in [-0.05, 0) is 38.5 Å². The van der Waals surface area contributed by atoms with Gasteiger partial charge in [0, 0.05) is 25.7 Å². The van der Waals surface area contributed by atoms with E-state index in [0.717, 1.165) is 25.8 Å². The van der Waals surface area contributed by atoms with Crippen LogP contribution in [0, 0.1) is 5.41 Å². The number of amides is 2. The monoisotopic (exact) mass is 282 g/mol. The van der Waals surface area contributed by atoms with E-state index in [0.29, 0.717) is 38.4 Å². The smallest absolute Gasteiger partial charge is 0.320 e. The molecule has 1 aliphatic heterocycles. The average Bonchev–Trinajstić information content (AvgIpc) is 3.28. The number of carbonyl (C=O) groups is 2. The van der Waals surface area contributed by atoms with E-state index in [1.54, 1.807) is 0 Å². The third-order valence-corrected chi connectivity index (χ3v) is 4.82. The van der Waals surface area contributed by atoms with E-state index >= 15 is 0 Å². The summed E-state index contributed by atoms with van der Waals surface area (Å²) in [5.74, 6) is -0.709. The topological polar surface area (TPSA) is 60.9 Å². The molecule has 114 valence electrons. The Kier molecular flexibility index (Phi) is 4.55. The number of carbonyl (C=O) groups excluding carboxylic acids is 1. The molecule has 0 aromatic carbocycles. The van der Waals surface area contributed by atoms with Gasteiger partial charge in [0.25, 0.3) is 0 Å². The molecule has 0 radical (unpaired) electrons. The van der Waals surface area contributed by atoms with Crippen LogP contribution in [-0.4, -0.2) is 52.6 Å². The minimum absolute atomic E-state index is 0.115. The molecule has 0 aromatic rings. The molecule has 5 heteroatoms. The molecule has 5 nitrogen and oxygen atoms in total. The van der Waals surface area contributed by atoms with E-state index < -0.39 is 11.4 Å². The molecule has 2 amide bonds. The lowest BCUT2D eigenvalue weighted by Gasteiger charge is -2.40. The van der Waals surface area contributed by atoms with Gasteiger partial charge in [-0.1, -0.05) is 13.8 Å². The highest BCUT2D eigenvalue weighted by molar-refractivity contribution is 5.77. The Bertz CT molecular complexity index is 371. The fourth-order valence-corrected chi connectivity index (χ4v) is 3.09. The zero-order valence-electron chi connectivity index (χ0n) is 12.6. The molecular formula is C15H26N2O3. The highest BCUT2D eigenvalue weighted by Crippen LogP contribution is 2.36. The maximum Gasteiger partial charge on any atom is 0.320 e. The van der Waals surface area contributed by atoms with Crippen molar-refractivity contribution in [3.63, 3.8) is 0 Å². The lowest BCUT2D eigenvalue weighted by molar-refractivity contribution is -0.152. The maximum atomic E-state index is 12.5. The van der Waals surface area contributed by atoms with Crippen LogP contribution < -0.4 is 0 Å². The SMILES string of the molecule is CCCN(C(=O)N1CCC(CC)(C(=O)O)CC1)C1CC1. The molecule has 1 saturated carbocycles. The summed E-state index contributed by atoms with van der Waals surface area (Å²) >= 11 is 0. The number of urea groups is 1. The van der Waals surface area contributed by atoms with Gasteiger partial charge in [-0.3, -0.25) is 4.79 Å². The Balaban J connectivity index is 1.95. The zero-order chi connectivity index (χ0) is 14.8. The van der Waals surface area contributed by atoms with Crippen LogP contribution in [0.2, 0.25) is 0 Å². The van der Waals surface area contributed by atoms with E-state index in [-0.39, 0.29) is 6.03 Å². The summed E-state index contributed by atoms with van der Waals surface area (Å²) < 4.78 is 0. The molecule has 2 aliphatic rings. The van der Waals surface area contributed by atoms with Crippen LogP contribution in [0.25, 0.3) is 0 Å². The van der Waals surface area contributed by atoms with Crippen LogP contribution in [0.3, 0.4) is 0 Å². The normalized spacial score (nSPS) is 21.6. The molecule has 0 bridgehead atoms. The van der Waals surface area contributed by atoms with Gasteiger partial charge >= 0.3 is 12.0 Å². The Morgan fingerprint density at radius 2 is 1.85 bits per heavy atom. The van der Waals surface area contributed by atoms with E-state index in [9.17, 15) is 14.7 Å². The van der Waals surface area contributed by atoms with Crippen molar-refractivity contribution in [2.75, 3.05) is 19.6 Å². The third-order valence-electron chi connectivity index (χ3n) is 4.82. The minimum Gasteiger partial charge on any atom is -0.481 e. The Morgan fingerprint density at radius 3 is 2.25 bits per heavy atom. The van der Waals surface area contributed by atoms with Crippen molar-refractivity contribution in [1.29, 1.82) is 0 Å². The van der Waals surface area contributed by atoms with Crippen LogP contribution in [0.1, 0.15) is 52.4 Å². The fourth-order valence-electron chi connectivity index (χ4n) is 3.09. The molecule has 0 unspecified atom stereocenters. The third kappa shape index (κ3) is 2.91. The van der Waals surface area contributed by atoms with Crippen molar-refractivity contribution in [1.82, 2.24) is 9.80 Å². The molecule has 0 aromatic heterocycles. The van der Waals surface area contributed by atoms with Crippen LogP contribution >= 0.6 is 0 Å². The quantitative estimate of drug-likeness (QED) is 0.843. The Labute approximate surface area is 120 Å². The second kappa shape index (κ2) is 6.02. The molecule has 1 heterocycles. The van der Waals surface area contributed by atoms with Crippen LogP contribution in [0.15, 0.2) is 0 Å². The molecule has 0 spiro atoms. The number of nitrogens with zero attached hydrogens (tertiary/aromatic N) is 2. The van der Waals surface area contributed by atoms with Crippen molar-refractivity contribution < 1.29 is 14.7 Å². The number of piperidine rings is 1. The fraction of sp³-hybridized carbons (Fsp3) is 0.867. The second-order valence-corrected chi connectivity index (χ2v) is 6.13. The van der Waals surface area contributed by atoms with Gasteiger partial charge in [0.15, 0.2) is 0 Å². The van der Waals surface area contributed by atoms with E-state index in [2.05, 4.69) is 6.92 Å². The number of hydrogen-bond donors (Lipinski definition) is 1. The van der Waals surface area contributed by atoms with Gasteiger partial charge in [0.2, 0.25) is 0 Å². The largest absolute Gasteiger partial charge is 0.481 e. The summed E-state index contributed by atoms with van der Waals surface area (Å²) in [4.78, 5) is 27.8. The van der Waals surface area contributed by atoms with Gasteiger partial charge in [-0.2, -0.15) is 0 Å². The number of carboxylic acids is 1. The number of carboxylic acid groups (broad SMARTS) is 1. The summed E-state index contributed by atoms with van der Waals surface area (Å²) in [5, 5.41) is 9.39. The summed E-state index contributed by atoms with van der Waals surface area (Å²) in [6.07, 6.45) is 5.02. The van der Waals surface area contributed by atoms with Crippen LogP contribution in [0.5, 0.6) is 0 Å². The first kappa shape index (κ1) is 15.1. The first-order valence-electron chi connectivity index (χ1n) is 7.83. The summed E-state index contributed by atoms with van der Waals surface area (Å²) in [6, 6.07) is 0.546. The predicted molar refractivity (Wildman–Crippen MR) is 76.6 cm³/mol. The summed E-state index contributed by atoms with van der Waals surface area (Å²) in [7, 11) is 0. The van der Waals surface area contributed by atoms with Gasteiger partial charge in [-0.15, -0.1) is 0 Å². The summed E-state index contributed by atoms with van der Waals surface area (Å²) in [6.45, 7) is 5.99. The van der Waals surface area contributed by atoms with E-state index in [1.807, 2.05) is 16.7 Å². The maximum absolute atomic E-state index is 12.5. The van der Waals surface area contributed by atoms with Gasteiger partial charge in [0.1, 0.15) is 0 Å². The molecular weight excluding hydrogens is 256 g/mol. The van der Waals surface area contributed by atoms with Crippen molar-refractivity contribution in [3.8, 4) is 0 Å². The molecule has 2 fully saturated rings. The van der Waals surface area contributed by atoms with Crippen LogP contribution in [-0.2, 0) is 4.79 Å². The van der Waals surface area contributed by atoms with Gasteiger partial charge in [-0.25, -0.2) is 4.79 Å². The van der Waals surface area contributed by atoms with Crippen molar-refractivity contribution in [2.24, 2.45) is 5.41 Å².